The van der Waals surface area contributed by atoms with E-state index in [2.05, 4.69) is 6.07 Å². The van der Waals surface area contributed by atoms with Crippen molar-refractivity contribution in [2.45, 2.75) is 0 Å². The lowest BCUT2D eigenvalue weighted by Crippen LogP contribution is -1.91. The maximum atomic E-state index is 9.33. The predicted octanol–water partition coefficient (Wildman–Crippen LogP) is 34.5. The number of rotatable bonds is 8. The van der Waals surface area contributed by atoms with Crippen LogP contribution in [0.2, 0.25) is 0 Å². The number of para-hydroxylation sites is 3. The van der Waals surface area contributed by atoms with E-state index in [1.54, 1.807) is 12.1 Å². The van der Waals surface area contributed by atoms with Crippen molar-refractivity contribution in [3.63, 3.8) is 0 Å². The normalized spacial score (nSPS) is 14.5. The Balaban J connectivity index is 0.000000118. The molecule has 0 N–H and O–H groups in total. The maximum Gasteiger partial charge on any atom is 0.136 e. The zero-order valence-electron chi connectivity index (χ0n) is 89.1. The molecule has 0 spiro atoms. The van der Waals surface area contributed by atoms with Crippen molar-refractivity contribution in [3.8, 4) is 89.0 Å². The van der Waals surface area contributed by atoms with Gasteiger partial charge in [0.1, 0.15) is 33.5 Å². The second kappa shape index (κ2) is 29.4. The molecule has 0 amide bonds. The van der Waals surface area contributed by atoms with Crippen LogP contribution < -0.4 is 0 Å². The van der Waals surface area contributed by atoms with Crippen LogP contribution in [0.4, 0.5) is 0 Å². The highest BCUT2D eigenvalue weighted by atomic mass is 16.3. The van der Waals surface area contributed by atoms with Gasteiger partial charge in [0.25, 0.3) is 0 Å². The Morgan fingerprint density at radius 3 is 0.756 bits per heavy atom. The summed E-state index contributed by atoms with van der Waals surface area (Å²) in [5.41, 5.74) is 13.1. The van der Waals surface area contributed by atoms with Crippen LogP contribution in [0.5, 0.6) is 0 Å². The number of fused-ring (bicyclic) bond motifs is 18. The van der Waals surface area contributed by atoms with Gasteiger partial charge in [0.2, 0.25) is 0 Å². The molecule has 572 valence electrons. The van der Waals surface area contributed by atoms with Gasteiger partial charge in [0, 0.05) is 32.3 Å². The number of furan rings is 3. The van der Waals surface area contributed by atoms with E-state index in [-0.39, 0.29) is 137 Å². The second-order valence-corrected chi connectivity index (χ2v) is 30.4. The lowest BCUT2D eigenvalue weighted by Gasteiger charge is -2.18. The topological polar surface area (TPSA) is 39.4 Å². The molecule has 23 aromatic carbocycles. The Bertz CT molecular complexity index is 10100. The molecule has 0 aliphatic heterocycles. The first kappa shape index (κ1) is 50.5. The first-order valence-electron chi connectivity index (χ1n) is 52.3. The second-order valence-electron chi connectivity index (χ2n) is 30.4. The van der Waals surface area contributed by atoms with Gasteiger partial charge in [0.05, 0.1) is 32.9 Å². The molecule has 0 saturated heterocycles. The molecule has 3 heteroatoms. The standard InChI is InChI=1S/2C42H26O.C36H22O/c1-2-11-30-26-31(25-20-27(30)10-1)41-35-14-5-3-12-33(35)40(34-13-4-6-15-36(34)41)29-23-21-28(22-24-29)32-17-9-19-39-42(32)37-16-7-8-18-38(37)43-39;1-2-11-27(12-3-1)28-21-22-30-26-31(24-23-29(30)25-28)40-32-13-4-6-15-34(32)41(35-16-7-5-14-33(35)40)37-18-10-20-39-42(37)36-17-8-9-19-38(36)43-39;1-2-11-24-22-25(21-20-23(24)10-1)34-26-12-3-5-14-28(26)35(29-15-6-4-13-27(29)34)31-17-9-19-33-36(31)30-16-7-8-18-32(30)37-33/h2*1-26H;1-22H/i3D,4D,5D,6D,12D,13D,14D,15D;4D,5D,6D,7D,13D,14D,15D,16D;3D,4D,5D,6D,12D,13D,14D,15D. The fraction of sp³-hybridized carbons (Fsp3) is 0. The maximum absolute atomic E-state index is 9.33. The van der Waals surface area contributed by atoms with Gasteiger partial charge in [-0.3, -0.25) is 0 Å². The van der Waals surface area contributed by atoms with E-state index < -0.39 is 72.5 Å². The van der Waals surface area contributed by atoms with E-state index in [9.17, 15) is 16.4 Å². The molecule has 26 rings (SSSR count). The van der Waals surface area contributed by atoms with Gasteiger partial charge in [0.15, 0.2) is 0 Å². The van der Waals surface area contributed by atoms with E-state index in [1.165, 1.54) is 0 Å². The highest BCUT2D eigenvalue weighted by Gasteiger charge is 2.25. The van der Waals surface area contributed by atoms with Gasteiger partial charge in [-0.25, -0.2) is 0 Å². The Morgan fingerprint density at radius 1 is 0.146 bits per heavy atom. The van der Waals surface area contributed by atoms with Crippen LogP contribution in [-0.2, 0) is 0 Å². The number of hydrogen-bond donors (Lipinski definition) is 0. The summed E-state index contributed by atoms with van der Waals surface area (Å²) < 4.78 is 234. The van der Waals surface area contributed by atoms with Crippen LogP contribution in [0, 0.1) is 0 Å². The minimum Gasteiger partial charge on any atom is -0.456 e. The largest absolute Gasteiger partial charge is 0.456 e. The molecule has 0 atom stereocenters. The smallest absolute Gasteiger partial charge is 0.136 e. The summed E-state index contributed by atoms with van der Waals surface area (Å²) in [5, 5.41) is 12.6. The summed E-state index contributed by atoms with van der Waals surface area (Å²) >= 11 is 0. The Hall–Kier alpha value is -16.2. The molecule has 3 aromatic heterocycles. The van der Waals surface area contributed by atoms with Crippen LogP contribution >= 0.6 is 0 Å². The molecule has 0 unspecified atom stereocenters. The summed E-state index contributed by atoms with van der Waals surface area (Å²) in [6.07, 6.45) is 0. The molecule has 3 nitrogen and oxygen atoms in total. The third-order valence-electron chi connectivity index (χ3n) is 23.7. The monoisotopic (exact) mass is 1590 g/mol. The van der Waals surface area contributed by atoms with Gasteiger partial charge >= 0.3 is 0 Å². The van der Waals surface area contributed by atoms with Crippen LogP contribution in [0.15, 0.2) is 462 Å². The van der Waals surface area contributed by atoms with Crippen LogP contribution in [0.1, 0.15) is 32.9 Å². The van der Waals surface area contributed by atoms with E-state index >= 15 is 0 Å². The highest BCUT2D eigenvalue weighted by Crippen LogP contribution is 2.52. The zero-order valence-corrected chi connectivity index (χ0v) is 65.1. The molecule has 0 saturated carbocycles. The average Bonchev–Trinajstić information content (AvgIpc) is 1.47. The van der Waals surface area contributed by atoms with E-state index in [4.69, 9.17) is 29.7 Å². The molecule has 0 radical (unpaired) electrons. The van der Waals surface area contributed by atoms with Crippen molar-refractivity contribution in [1.82, 2.24) is 0 Å². The molecular formula is C120H74O3. The minimum absolute atomic E-state index is 0.172. The summed E-state index contributed by atoms with van der Waals surface area (Å²) in [6.45, 7) is 0. The summed E-state index contributed by atoms with van der Waals surface area (Å²) in [4.78, 5) is 0. The Kier molecular flexibility index (Phi) is 12.1. The van der Waals surface area contributed by atoms with E-state index in [1.807, 2.05) is 285 Å². The molecule has 123 heavy (non-hydrogen) atoms. The molecule has 26 aromatic rings. The van der Waals surface area contributed by atoms with Gasteiger partial charge < -0.3 is 13.3 Å². The van der Waals surface area contributed by atoms with Gasteiger partial charge in [-0.2, -0.15) is 0 Å². The summed E-state index contributed by atoms with van der Waals surface area (Å²) in [7, 11) is 0. The van der Waals surface area contributed by atoms with Crippen LogP contribution in [-0.4, -0.2) is 0 Å². The van der Waals surface area contributed by atoms with Gasteiger partial charge in [-0.05, 0) is 247 Å². The van der Waals surface area contributed by atoms with Crippen LogP contribution in [0.25, 0.3) is 252 Å². The van der Waals surface area contributed by atoms with Crippen molar-refractivity contribution < 1.29 is 46.1 Å². The quantitative estimate of drug-likeness (QED) is 0.142. The average molecular weight is 1590 g/mol. The highest BCUT2D eigenvalue weighted by molar-refractivity contribution is 6.29. The molecule has 0 bridgehead atoms. The minimum atomic E-state index is -0.434. The van der Waals surface area contributed by atoms with Crippen molar-refractivity contribution >= 4 is 163 Å². The fourth-order valence-corrected chi connectivity index (χ4v) is 18.3. The van der Waals surface area contributed by atoms with Crippen molar-refractivity contribution in [3.05, 3.63) is 448 Å². The summed E-state index contributed by atoms with van der Waals surface area (Å²) in [6, 6.07) is 87.2. The predicted molar refractivity (Wildman–Crippen MR) is 522 cm³/mol. The first-order valence-corrected chi connectivity index (χ1v) is 40.3. The Labute approximate surface area is 742 Å². The van der Waals surface area contributed by atoms with Crippen molar-refractivity contribution in [2.75, 3.05) is 0 Å². The lowest BCUT2D eigenvalue weighted by atomic mass is 9.84. The third kappa shape index (κ3) is 12.0. The number of hydrogen-bond acceptors (Lipinski definition) is 3. The van der Waals surface area contributed by atoms with E-state index in [0.29, 0.717) is 99.9 Å². The lowest BCUT2D eigenvalue weighted by molar-refractivity contribution is 0.668. The molecular weight excluding hydrogens is 1490 g/mol. The first-order chi connectivity index (χ1) is 71.0. The van der Waals surface area contributed by atoms with E-state index in [0.717, 1.165) is 87.3 Å². The van der Waals surface area contributed by atoms with Gasteiger partial charge in [-0.1, -0.05) is 388 Å². The Morgan fingerprint density at radius 2 is 0.390 bits per heavy atom. The SMILES string of the molecule is [2H]c1c([2H])c([2H])c2c(-c3ccc4ccccc4c3)c3c([2H])c([2H])c([2H])c([2H])c3c(-c3ccc(-c4cccc5oc6ccccc6c45)cc3)c2c1[2H].[2H]c1c([2H])c([2H])c2c(-c3cccc4oc5ccccc5c34)c3c([2H])c([2H])c([2H])c([2H])c3c(-c3ccc4cc(-c5ccccc5)ccc4c3)c2c1[2H].[2H]c1c([2H])c([2H])c2c(-c3cccc4oc5ccccc5c34)c3c([2H])c([2H])c([2H])c([2H])c3c(-c3ccc4ccccc4c3)c2c1[2H]. The van der Waals surface area contributed by atoms with Crippen molar-refractivity contribution in [1.29, 1.82) is 0 Å². The van der Waals surface area contributed by atoms with Crippen molar-refractivity contribution in [2.24, 2.45) is 0 Å². The zero-order chi connectivity index (χ0) is 102. The summed E-state index contributed by atoms with van der Waals surface area (Å²) in [5.74, 6) is 0. The number of benzene rings is 23. The molecule has 0 fully saturated rings. The molecule has 0 aliphatic rings. The van der Waals surface area contributed by atoms with Crippen LogP contribution in [0.3, 0.4) is 0 Å². The molecule has 0 aliphatic carbocycles. The molecule has 3 heterocycles. The fourth-order valence-electron chi connectivity index (χ4n) is 18.3. The van der Waals surface area contributed by atoms with Gasteiger partial charge in [-0.15, -0.1) is 0 Å². The third-order valence-corrected chi connectivity index (χ3v) is 23.7.